The summed E-state index contributed by atoms with van der Waals surface area (Å²) in [5.74, 6) is 1.36. The van der Waals surface area contributed by atoms with Crippen molar-refractivity contribution in [3.05, 3.63) is 45.4 Å². The van der Waals surface area contributed by atoms with Crippen molar-refractivity contribution in [1.82, 2.24) is 20.9 Å². The smallest absolute Gasteiger partial charge is 0.251 e. The summed E-state index contributed by atoms with van der Waals surface area (Å²) in [6.45, 7) is 8.68. The molecule has 0 unspecified atom stereocenters. The number of rotatable bonds is 9. The normalized spacial score (nSPS) is 10.8. The lowest BCUT2D eigenvalue weighted by atomic mass is 10.2. The Labute approximate surface area is 193 Å². The predicted octanol–water partition coefficient (Wildman–Crippen LogP) is 2.91. The number of methoxy groups -OCH3 is 1. The molecule has 9 heteroatoms. The number of carbonyl (C=O) groups is 1. The van der Waals surface area contributed by atoms with E-state index in [9.17, 15) is 4.79 Å². The molecule has 1 amide bonds. The Balaban J connectivity index is 0.00000420. The molecule has 0 saturated heterocycles. The molecule has 1 aromatic heterocycles. The van der Waals surface area contributed by atoms with Crippen molar-refractivity contribution >= 4 is 47.2 Å². The molecule has 0 radical (unpaired) electrons. The van der Waals surface area contributed by atoms with Crippen LogP contribution in [0.5, 0.6) is 5.75 Å². The maximum Gasteiger partial charge on any atom is 0.251 e. The summed E-state index contributed by atoms with van der Waals surface area (Å²) in [6.07, 6.45) is 0.824. The molecule has 0 fully saturated rings. The van der Waals surface area contributed by atoms with E-state index in [0.29, 0.717) is 25.2 Å². The first-order valence-electron chi connectivity index (χ1n) is 9.40. The molecule has 0 aliphatic heterocycles. The Bertz CT molecular complexity index is 773. The van der Waals surface area contributed by atoms with Gasteiger partial charge >= 0.3 is 0 Å². The molecular formula is C20H30IN5O2S. The minimum atomic E-state index is -0.110. The first-order valence-corrected chi connectivity index (χ1v) is 10.2. The highest BCUT2D eigenvalue weighted by Gasteiger charge is 2.06. The van der Waals surface area contributed by atoms with Gasteiger partial charge in [0.25, 0.3) is 5.91 Å². The highest BCUT2D eigenvalue weighted by molar-refractivity contribution is 14.0. The molecule has 2 rings (SSSR count). The Morgan fingerprint density at radius 3 is 2.41 bits per heavy atom. The summed E-state index contributed by atoms with van der Waals surface area (Å²) in [6, 6.07) is 7.04. The van der Waals surface area contributed by atoms with E-state index in [-0.39, 0.29) is 29.9 Å². The Morgan fingerprint density at radius 2 is 1.83 bits per heavy atom. The summed E-state index contributed by atoms with van der Waals surface area (Å²) >= 11 is 1.73. The third-order valence-electron chi connectivity index (χ3n) is 4.07. The topological polar surface area (TPSA) is 87.6 Å². The highest BCUT2D eigenvalue weighted by atomic mass is 127. The summed E-state index contributed by atoms with van der Waals surface area (Å²) in [5, 5.41) is 10.5. The Morgan fingerprint density at radius 1 is 1.14 bits per heavy atom. The van der Waals surface area contributed by atoms with Crippen LogP contribution < -0.4 is 20.7 Å². The van der Waals surface area contributed by atoms with Crippen molar-refractivity contribution in [2.45, 2.75) is 27.2 Å². The van der Waals surface area contributed by atoms with Crippen LogP contribution in [0.3, 0.4) is 0 Å². The van der Waals surface area contributed by atoms with Crippen LogP contribution in [0.4, 0.5) is 0 Å². The van der Waals surface area contributed by atoms with Crippen LogP contribution in [-0.4, -0.2) is 50.1 Å². The van der Waals surface area contributed by atoms with Crippen molar-refractivity contribution in [3.63, 3.8) is 0 Å². The lowest BCUT2D eigenvalue weighted by Gasteiger charge is -2.12. The van der Waals surface area contributed by atoms with Gasteiger partial charge in [-0.3, -0.25) is 9.79 Å². The zero-order chi connectivity index (χ0) is 20.4. The molecule has 0 atom stereocenters. The number of thiazole rings is 1. The molecule has 0 saturated carbocycles. The second kappa shape index (κ2) is 13.4. The molecule has 7 nitrogen and oxygen atoms in total. The number of benzene rings is 1. The number of amides is 1. The van der Waals surface area contributed by atoms with Crippen LogP contribution in [0.25, 0.3) is 0 Å². The molecule has 160 valence electrons. The molecule has 2 aromatic rings. The van der Waals surface area contributed by atoms with E-state index in [0.717, 1.165) is 35.4 Å². The van der Waals surface area contributed by atoms with E-state index >= 15 is 0 Å². The summed E-state index contributed by atoms with van der Waals surface area (Å²) < 4.78 is 5.10. The van der Waals surface area contributed by atoms with E-state index in [4.69, 9.17) is 4.74 Å². The largest absolute Gasteiger partial charge is 0.497 e. The van der Waals surface area contributed by atoms with E-state index in [1.807, 2.05) is 13.8 Å². The first-order chi connectivity index (χ1) is 13.5. The second-order valence-electron chi connectivity index (χ2n) is 6.17. The van der Waals surface area contributed by atoms with E-state index in [1.54, 1.807) is 42.7 Å². The standard InChI is InChI=1S/C20H29N5O2S.HI/c1-5-21-20(23-11-10-18-25-14(2)15(3)28-18)24-13-12-22-19(26)16-6-8-17(27-4)9-7-16;/h6-9H,5,10-13H2,1-4H3,(H,22,26)(H2,21,23,24);1H. The number of guanidine groups is 1. The molecular weight excluding hydrogens is 501 g/mol. The van der Waals surface area contributed by atoms with Gasteiger partial charge < -0.3 is 20.7 Å². The van der Waals surface area contributed by atoms with Gasteiger partial charge in [0.2, 0.25) is 0 Å². The van der Waals surface area contributed by atoms with Gasteiger partial charge in [0.15, 0.2) is 5.96 Å². The number of aryl methyl sites for hydroxylation is 2. The number of hydrogen-bond acceptors (Lipinski definition) is 5. The van der Waals surface area contributed by atoms with Crippen molar-refractivity contribution in [3.8, 4) is 5.75 Å². The third-order valence-corrected chi connectivity index (χ3v) is 5.20. The predicted molar refractivity (Wildman–Crippen MR) is 130 cm³/mol. The van der Waals surface area contributed by atoms with Gasteiger partial charge in [-0.05, 0) is 45.0 Å². The first kappa shape index (κ1) is 25.2. The minimum absolute atomic E-state index is 0. The fraction of sp³-hybridized carbons (Fsp3) is 0.450. The number of halogens is 1. The van der Waals surface area contributed by atoms with Gasteiger partial charge in [-0.25, -0.2) is 4.98 Å². The summed E-state index contributed by atoms with van der Waals surface area (Å²) in [5.41, 5.74) is 1.71. The fourth-order valence-corrected chi connectivity index (χ4v) is 3.38. The van der Waals surface area contributed by atoms with Crippen LogP contribution in [-0.2, 0) is 6.42 Å². The van der Waals surface area contributed by atoms with Gasteiger partial charge in [0, 0.05) is 43.0 Å². The van der Waals surface area contributed by atoms with Gasteiger partial charge in [0.1, 0.15) is 5.75 Å². The molecule has 1 heterocycles. The average molecular weight is 531 g/mol. The third kappa shape index (κ3) is 8.57. The number of hydrogen-bond donors (Lipinski definition) is 3. The molecule has 0 aliphatic carbocycles. The van der Waals surface area contributed by atoms with Crippen LogP contribution in [0, 0.1) is 13.8 Å². The van der Waals surface area contributed by atoms with Crippen LogP contribution in [0.15, 0.2) is 29.3 Å². The van der Waals surface area contributed by atoms with E-state index in [2.05, 4.69) is 32.9 Å². The molecule has 0 spiro atoms. The summed E-state index contributed by atoms with van der Waals surface area (Å²) in [7, 11) is 1.60. The SMILES string of the molecule is CCNC(=NCCc1nc(C)c(C)s1)NCCNC(=O)c1ccc(OC)cc1.I. The minimum Gasteiger partial charge on any atom is -0.497 e. The molecule has 3 N–H and O–H groups in total. The molecule has 0 aliphatic rings. The number of nitrogens with zero attached hydrogens (tertiary/aromatic N) is 2. The molecule has 1 aromatic carbocycles. The van der Waals surface area contributed by atoms with Gasteiger partial charge in [-0.1, -0.05) is 0 Å². The second-order valence-corrected chi connectivity index (χ2v) is 7.46. The number of carbonyl (C=O) groups excluding carboxylic acids is 1. The fourth-order valence-electron chi connectivity index (χ4n) is 2.45. The van der Waals surface area contributed by atoms with Crippen LogP contribution >= 0.6 is 35.3 Å². The van der Waals surface area contributed by atoms with Gasteiger partial charge in [0.05, 0.1) is 17.8 Å². The van der Waals surface area contributed by atoms with E-state index < -0.39 is 0 Å². The molecule has 0 bridgehead atoms. The maximum atomic E-state index is 12.1. The zero-order valence-electron chi connectivity index (χ0n) is 17.4. The van der Waals surface area contributed by atoms with Crippen molar-refractivity contribution in [2.75, 3.05) is 33.3 Å². The molecule has 29 heavy (non-hydrogen) atoms. The van der Waals surface area contributed by atoms with Gasteiger partial charge in [-0.2, -0.15) is 0 Å². The van der Waals surface area contributed by atoms with E-state index in [1.165, 1.54) is 4.88 Å². The number of ether oxygens (including phenoxy) is 1. The van der Waals surface area contributed by atoms with Crippen LogP contribution in [0.2, 0.25) is 0 Å². The maximum absolute atomic E-state index is 12.1. The van der Waals surface area contributed by atoms with Crippen molar-refractivity contribution in [2.24, 2.45) is 4.99 Å². The zero-order valence-corrected chi connectivity index (χ0v) is 20.5. The average Bonchev–Trinajstić information content (AvgIpc) is 3.02. The highest BCUT2D eigenvalue weighted by Crippen LogP contribution is 2.16. The Hall–Kier alpha value is -1.88. The number of nitrogens with one attached hydrogen (secondary N) is 3. The quantitative estimate of drug-likeness (QED) is 0.201. The van der Waals surface area contributed by atoms with Crippen molar-refractivity contribution < 1.29 is 9.53 Å². The number of aromatic nitrogens is 1. The lowest BCUT2D eigenvalue weighted by Crippen LogP contribution is -2.41. The number of aliphatic imine (C=N–C) groups is 1. The summed E-state index contributed by atoms with van der Waals surface area (Å²) in [4.78, 5) is 22.5. The van der Waals surface area contributed by atoms with Crippen molar-refractivity contribution in [1.29, 1.82) is 0 Å². The van der Waals surface area contributed by atoms with Gasteiger partial charge in [-0.15, -0.1) is 35.3 Å². The lowest BCUT2D eigenvalue weighted by molar-refractivity contribution is 0.0954. The van der Waals surface area contributed by atoms with Crippen LogP contribution in [0.1, 0.15) is 32.9 Å². The monoisotopic (exact) mass is 531 g/mol. The Kier molecular flexibility index (Phi) is 11.6.